The lowest BCUT2D eigenvalue weighted by Crippen LogP contribution is -2.39. The molecule has 0 aromatic carbocycles. The van der Waals surface area contributed by atoms with Crippen LogP contribution in [0, 0.1) is 0 Å². The van der Waals surface area contributed by atoms with Crippen molar-refractivity contribution >= 4 is 11.8 Å². The Labute approximate surface area is 93.3 Å². The number of rotatable bonds is 7. The van der Waals surface area contributed by atoms with E-state index in [1.54, 1.807) is 0 Å². The molecule has 0 saturated carbocycles. The van der Waals surface area contributed by atoms with Gasteiger partial charge >= 0.3 is 0 Å². The average Bonchev–Trinajstić information content (AvgIpc) is 2.28. The van der Waals surface area contributed by atoms with Gasteiger partial charge in [-0.2, -0.15) is 0 Å². The molecule has 0 aromatic heterocycles. The van der Waals surface area contributed by atoms with E-state index in [4.69, 9.17) is 11.3 Å². The van der Waals surface area contributed by atoms with Crippen LogP contribution in [0.15, 0.2) is 17.8 Å². The number of carbonyl (C=O) groups is 2. The van der Waals surface area contributed by atoms with Gasteiger partial charge in [0, 0.05) is 4.91 Å². The maximum Gasteiger partial charge on any atom is 0.243 e. The molecule has 16 heavy (non-hydrogen) atoms. The van der Waals surface area contributed by atoms with Gasteiger partial charge in [0.15, 0.2) is 0 Å². The molecule has 0 aliphatic heterocycles. The molecule has 0 spiro atoms. The quantitative estimate of drug-likeness (QED) is 0.217. The van der Waals surface area contributed by atoms with Gasteiger partial charge in [-0.3, -0.25) is 9.59 Å². The maximum atomic E-state index is 11.3. The van der Waals surface area contributed by atoms with Crippen LogP contribution >= 0.6 is 0 Å². The Kier molecular flexibility index (Phi) is 7.48. The zero-order valence-electron chi connectivity index (χ0n) is 8.93. The standard InChI is InChI=1S/C9H15N5O2/c1-2-8(15)12-7(5-3-4-6-10)9(16)13-14-11/h2,7H,1,3-6,10H2,(H,12,15)/t7-/m0/s1. The minimum atomic E-state index is -0.798. The van der Waals surface area contributed by atoms with Crippen LogP contribution in [0.5, 0.6) is 0 Å². The van der Waals surface area contributed by atoms with Gasteiger partial charge in [0.05, 0.1) is 6.04 Å². The monoisotopic (exact) mass is 225 g/mol. The molecule has 2 amide bonds. The number of nitrogens with one attached hydrogen (secondary N) is 1. The van der Waals surface area contributed by atoms with E-state index < -0.39 is 17.9 Å². The average molecular weight is 225 g/mol. The van der Waals surface area contributed by atoms with Crippen LogP contribution in [0.4, 0.5) is 0 Å². The molecule has 3 N–H and O–H groups in total. The third-order valence-corrected chi connectivity index (χ3v) is 1.89. The summed E-state index contributed by atoms with van der Waals surface area (Å²) in [5.74, 6) is -1.17. The SMILES string of the molecule is C=CC(=O)N[C@@H](CCCCN)C(=O)N=[N+]=[N-]. The van der Waals surface area contributed by atoms with Crippen LogP contribution in [-0.2, 0) is 9.59 Å². The summed E-state index contributed by atoms with van der Waals surface area (Å²) < 4.78 is 0. The second kappa shape index (κ2) is 8.46. The molecule has 88 valence electrons. The van der Waals surface area contributed by atoms with Crippen molar-refractivity contribution in [1.82, 2.24) is 5.32 Å². The van der Waals surface area contributed by atoms with E-state index in [2.05, 4.69) is 21.9 Å². The molecule has 7 nitrogen and oxygen atoms in total. The first-order valence-electron chi connectivity index (χ1n) is 4.87. The molecule has 0 saturated heterocycles. The smallest absolute Gasteiger partial charge is 0.243 e. The van der Waals surface area contributed by atoms with Crippen molar-refractivity contribution in [3.63, 3.8) is 0 Å². The third kappa shape index (κ3) is 5.79. The molecule has 0 fully saturated rings. The number of hydrogen-bond donors (Lipinski definition) is 2. The van der Waals surface area contributed by atoms with Crippen molar-refractivity contribution in [2.45, 2.75) is 25.3 Å². The predicted molar refractivity (Wildman–Crippen MR) is 59.2 cm³/mol. The lowest BCUT2D eigenvalue weighted by molar-refractivity contribution is -0.125. The van der Waals surface area contributed by atoms with Gasteiger partial charge in [0.25, 0.3) is 0 Å². The second-order valence-corrected chi connectivity index (χ2v) is 3.08. The third-order valence-electron chi connectivity index (χ3n) is 1.89. The van der Waals surface area contributed by atoms with E-state index in [0.29, 0.717) is 19.4 Å². The number of unbranched alkanes of at least 4 members (excludes halogenated alkanes) is 1. The topological polar surface area (TPSA) is 121 Å². The predicted octanol–water partition coefficient (Wildman–Crippen LogP) is 0.623. The van der Waals surface area contributed by atoms with E-state index >= 15 is 0 Å². The number of nitrogens with zero attached hydrogens (tertiary/aromatic N) is 3. The first-order valence-corrected chi connectivity index (χ1v) is 4.87. The Morgan fingerprint density at radius 2 is 2.25 bits per heavy atom. The van der Waals surface area contributed by atoms with E-state index in [1.165, 1.54) is 0 Å². The minimum absolute atomic E-state index is 0.397. The highest BCUT2D eigenvalue weighted by atomic mass is 16.2. The van der Waals surface area contributed by atoms with Gasteiger partial charge in [-0.05, 0) is 42.5 Å². The number of amides is 2. The van der Waals surface area contributed by atoms with Crippen molar-refractivity contribution in [1.29, 1.82) is 0 Å². The molecule has 0 heterocycles. The van der Waals surface area contributed by atoms with Gasteiger partial charge in [-0.25, -0.2) is 0 Å². The highest BCUT2D eigenvalue weighted by Crippen LogP contribution is 2.02. The summed E-state index contributed by atoms with van der Waals surface area (Å²) in [6.07, 6.45) is 2.86. The number of hydrogen-bond acceptors (Lipinski definition) is 3. The molecule has 0 aliphatic rings. The number of nitrogens with two attached hydrogens (primary N) is 1. The normalized spacial score (nSPS) is 11.1. The molecule has 7 heteroatoms. The summed E-state index contributed by atoms with van der Waals surface area (Å²) >= 11 is 0. The highest BCUT2D eigenvalue weighted by Gasteiger charge is 2.17. The largest absolute Gasteiger partial charge is 0.343 e. The van der Waals surface area contributed by atoms with Crippen molar-refractivity contribution < 1.29 is 9.59 Å². The molecule has 0 radical (unpaired) electrons. The fourth-order valence-corrected chi connectivity index (χ4v) is 1.09. The lowest BCUT2D eigenvalue weighted by Gasteiger charge is -2.13. The maximum absolute atomic E-state index is 11.3. The highest BCUT2D eigenvalue weighted by molar-refractivity contribution is 5.92. The van der Waals surface area contributed by atoms with Gasteiger partial charge in [-0.1, -0.05) is 6.58 Å². The Hall–Kier alpha value is -1.85. The Morgan fingerprint density at radius 1 is 1.56 bits per heavy atom. The summed E-state index contributed by atoms with van der Waals surface area (Å²) in [5, 5.41) is 5.35. The van der Waals surface area contributed by atoms with Crippen LogP contribution < -0.4 is 11.1 Å². The van der Waals surface area contributed by atoms with Gasteiger partial charge < -0.3 is 11.1 Å². The van der Waals surface area contributed by atoms with Crippen molar-refractivity contribution in [2.75, 3.05) is 6.54 Å². The number of azide groups is 1. The molecule has 1 atom stereocenters. The van der Waals surface area contributed by atoms with Crippen LogP contribution in [0.25, 0.3) is 10.4 Å². The van der Waals surface area contributed by atoms with Crippen LogP contribution in [0.3, 0.4) is 0 Å². The molecule has 0 aromatic rings. The van der Waals surface area contributed by atoms with Gasteiger partial charge in [0.1, 0.15) is 0 Å². The zero-order chi connectivity index (χ0) is 12.4. The van der Waals surface area contributed by atoms with E-state index in [9.17, 15) is 9.59 Å². The van der Waals surface area contributed by atoms with Crippen molar-refractivity contribution in [2.24, 2.45) is 10.8 Å². The summed E-state index contributed by atoms with van der Waals surface area (Å²) in [6, 6.07) is -0.798. The fourth-order valence-electron chi connectivity index (χ4n) is 1.09. The number of carbonyl (C=O) groups excluding carboxylic acids is 2. The summed E-state index contributed by atoms with van der Waals surface area (Å²) in [7, 11) is 0. The Bertz CT molecular complexity index is 309. The first kappa shape index (κ1) is 14.2. The van der Waals surface area contributed by atoms with Crippen LogP contribution in [-0.4, -0.2) is 24.4 Å². The molecule has 0 rings (SSSR count). The second-order valence-electron chi connectivity index (χ2n) is 3.08. The zero-order valence-corrected chi connectivity index (χ0v) is 8.93. The molecule has 0 unspecified atom stereocenters. The minimum Gasteiger partial charge on any atom is -0.343 e. The Balaban J connectivity index is 4.36. The first-order chi connectivity index (χ1) is 7.65. The van der Waals surface area contributed by atoms with Gasteiger partial charge in [-0.15, -0.1) is 0 Å². The van der Waals surface area contributed by atoms with E-state index in [1.807, 2.05) is 0 Å². The van der Waals surface area contributed by atoms with E-state index in [-0.39, 0.29) is 0 Å². The molecule has 0 bridgehead atoms. The van der Waals surface area contributed by atoms with Gasteiger partial charge in [0.2, 0.25) is 11.8 Å². The Morgan fingerprint density at radius 3 is 2.75 bits per heavy atom. The fraction of sp³-hybridized carbons (Fsp3) is 0.556. The van der Waals surface area contributed by atoms with Crippen molar-refractivity contribution in [3.8, 4) is 0 Å². The lowest BCUT2D eigenvalue weighted by atomic mass is 10.1. The summed E-state index contributed by atoms with van der Waals surface area (Å²) in [4.78, 5) is 24.7. The van der Waals surface area contributed by atoms with E-state index in [0.717, 1.165) is 12.5 Å². The molecular formula is C9H15N5O2. The summed E-state index contributed by atoms with van der Waals surface area (Å²) in [5.41, 5.74) is 13.4. The molecular weight excluding hydrogens is 210 g/mol. The summed E-state index contributed by atoms with van der Waals surface area (Å²) in [6.45, 7) is 3.78. The van der Waals surface area contributed by atoms with Crippen molar-refractivity contribution in [3.05, 3.63) is 23.1 Å². The van der Waals surface area contributed by atoms with Crippen LogP contribution in [0.1, 0.15) is 19.3 Å². The van der Waals surface area contributed by atoms with Crippen LogP contribution in [0.2, 0.25) is 0 Å². The molecule has 0 aliphatic carbocycles.